The predicted octanol–water partition coefficient (Wildman–Crippen LogP) is 1.36. The second-order valence-corrected chi connectivity index (χ2v) is 5.75. The first-order chi connectivity index (χ1) is 12.6. The van der Waals surface area contributed by atoms with Gasteiger partial charge in [-0.05, 0) is 18.1 Å². The van der Waals surface area contributed by atoms with Crippen LogP contribution in [0.25, 0.3) is 0 Å². The molecular formula is C17H17N5O4. The molecular weight excluding hydrogens is 338 g/mol. The lowest BCUT2D eigenvalue weighted by Crippen LogP contribution is -2.41. The highest BCUT2D eigenvalue weighted by molar-refractivity contribution is 5.88. The van der Waals surface area contributed by atoms with Crippen LogP contribution in [0.4, 0.5) is 5.69 Å². The number of carbonyl (C=O) groups is 1. The van der Waals surface area contributed by atoms with Crippen LogP contribution in [0.1, 0.15) is 23.6 Å². The fraction of sp³-hybridized carbons (Fsp3) is 0.176. The lowest BCUT2D eigenvalue weighted by molar-refractivity contribution is -0.385. The standard InChI is InChI=1S/C17H17N5O4/c23-16-12(7-4-8-15(16)22(25)26)10-18-21-17(24)14-9-13(19-20-14)11-5-2-1-3-6-11/h1-8,10,13-14,19-20,23H,9H2,(H,21,24)/b18-10+. The molecule has 4 N–H and O–H groups in total. The molecule has 2 aromatic rings. The molecule has 0 saturated carbocycles. The van der Waals surface area contributed by atoms with Gasteiger partial charge in [-0.15, -0.1) is 0 Å². The Kier molecular flexibility index (Phi) is 5.20. The van der Waals surface area contributed by atoms with Crippen molar-refractivity contribution in [3.05, 3.63) is 69.8 Å². The normalized spacial score (nSPS) is 19.5. The van der Waals surface area contributed by atoms with E-state index in [-0.39, 0.29) is 17.5 Å². The monoisotopic (exact) mass is 355 g/mol. The molecule has 9 nitrogen and oxygen atoms in total. The highest BCUT2D eigenvalue weighted by Crippen LogP contribution is 2.28. The van der Waals surface area contributed by atoms with Crippen LogP contribution in [-0.2, 0) is 4.79 Å². The Labute approximate surface area is 148 Å². The van der Waals surface area contributed by atoms with Crippen molar-refractivity contribution in [1.82, 2.24) is 16.3 Å². The minimum absolute atomic E-state index is 0.0109. The van der Waals surface area contributed by atoms with Crippen molar-refractivity contribution in [2.24, 2.45) is 5.10 Å². The number of aromatic hydroxyl groups is 1. The second-order valence-electron chi connectivity index (χ2n) is 5.75. The number of nitro groups is 1. The van der Waals surface area contributed by atoms with Crippen molar-refractivity contribution >= 4 is 17.8 Å². The van der Waals surface area contributed by atoms with Gasteiger partial charge in [0.05, 0.1) is 11.1 Å². The number of amides is 1. The zero-order valence-electron chi connectivity index (χ0n) is 13.6. The summed E-state index contributed by atoms with van der Waals surface area (Å²) in [6.45, 7) is 0. The first-order valence-corrected chi connectivity index (χ1v) is 7.91. The summed E-state index contributed by atoms with van der Waals surface area (Å²) in [5.41, 5.74) is 9.13. The molecule has 0 radical (unpaired) electrons. The van der Waals surface area contributed by atoms with E-state index >= 15 is 0 Å². The van der Waals surface area contributed by atoms with Crippen LogP contribution in [0.15, 0.2) is 53.6 Å². The second kappa shape index (κ2) is 7.72. The number of benzene rings is 2. The predicted molar refractivity (Wildman–Crippen MR) is 94.4 cm³/mol. The third kappa shape index (κ3) is 3.85. The van der Waals surface area contributed by atoms with Crippen LogP contribution in [0.3, 0.4) is 0 Å². The average molecular weight is 355 g/mol. The van der Waals surface area contributed by atoms with Gasteiger partial charge in [0.25, 0.3) is 5.91 Å². The van der Waals surface area contributed by atoms with Gasteiger partial charge in [0, 0.05) is 17.7 Å². The Hall–Kier alpha value is -3.30. The number of hydrazine groups is 1. The number of nitro benzene ring substituents is 1. The molecule has 1 saturated heterocycles. The fourth-order valence-electron chi connectivity index (χ4n) is 2.68. The lowest BCUT2D eigenvalue weighted by atomic mass is 10.0. The van der Waals surface area contributed by atoms with Gasteiger partial charge < -0.3 is 5.11 Å². The maximum absolute atomic E-state index is 12.2. The molecule has 3 rings (SSSR count). The van der Waals surface area contributed by atoms with E-state index in [4.69, 9.17) is 0 Å². The van der Waals surface area contributed by atoms with Gasteiger partial charge in [-0.3, -0.25) is 14.9 Å². The summed E-state index contributed by atoms with van der Waals surface area (Å²) < 4.78 is 0. The van der Waals surface area contributed by atoms with E-state index in [0.29, 0.717) is 6.42 Å². The van der Waals surface area contributed by atoms with Gasteiger partial charge in [-0.1, -0.05) is 36.4 Å². The molecule has 2 unspecified atom stereocenters. The summed E-state index contributed by atoms with van der Waals surface area (Å²) in [4.78, 5) is 22.3. The Morgan fingerprint density at radius 2 is 2.00 bits per heavy atom. The van der Waals surface area contributed by atoms with Crippen molar-refractivity contribution in [3.8, 4) is 5.75 Å². The summed E-state index contributed by atoms with van der Waals surface area (Å²) in [7, 11) is 0. The topological polar surface area (TPSA) is 129 Å². The molecule has 0 aliphatic carbocycles. The maximum Gasteiger partial charge on any atom is 0.311 e. The van der Waals surface area contributed by atoms with Crippen molar-refractivity contribution in [2.45, 2.75) is 18.5 Å². The van der Waals surface area contributed by atoms with Crippen molar-refractivity contribution in [3.63, 3.8) is 0 Å². The minimum atomic E-state index is -0.691. The quantitative estimate of drug-likeness (QED) is 0.364. The number of phenols is 1. The molecule has 26 heavy (non-hydrogen) atoms. The molecule has 9 heteroatoms. The van der Waals surface area contributed by atoms with E-state index in [0.717, 1.165) is 11.8 Å². The first-order valence-electron chi connectivity index (χ1n) is 7.91. The Morgan fingerprint density at radius 3 is 2.73 bits per heavy atom. The van der Waals surface area contributed by atoms with Crippen LogP contribution in [0, 0.1) is 10.1 Å². The number of nitrogens with one attached hydrogen (secondary N) is 3. The van der Waals surface area contributed by atoms with Gasteiger partial charge in [0.15, 0.2) is 0 Å². The summed E-state index contributed by atoms with van der Waals surface area (Å²) >= 11 is 0. The van der Waals surface area contributed by atoms with E-state index in [1.54, 1.807) is 0 Å². The van der Waals surface area contributed by atoms with E-state index in [2.05, 4.69) is 21.4 Å². The number of phenolic OH excluding ortho intramolecular Hbond substituents is 1. The number of carbonyl (C=O) groups excluding carboxylic acids is 1. The highest BCUT2D eigenvalue weighted by Gasteiger charge is 2.29. The molecule has 1 aliphatic heterocycles. The minimum Gasteiger partial charge on any atom is -0.502 e. The number of para-hydroxylation sites is 1. The van der Waals surface area contributed by atoms with Gasteiger partial charge in [0.2, 0.25) is 5.75 Å². The van der Waals surface area contributed by atoms with Crippen molar-refractivity contribution in [2.75, 3.05) is 0 Å². The Balaban J connectivity index is 1.59. The van der Waals surface area contributed by atoms with Crippen LogP contribution in [0.2, 0.25) is 0 Å². The largest absolute Gasteiger partial charge is 0.502 e. The summed E-state index contributed by atoms with van der Waals surface area (Å²) in [6, 6.07) is 13.3. The molecule has 2 aromatic carbocycles. The molecule has 0 bridgehead atoms. The van der Waals surface area contributed by atoms with E-state index in [1.807, 2.05) is 30.3 Å². The van der Waals surface area contributed by atoms with Crippen LogP contribution in [0.5, 0.6) is 5.75 Å². The number of rotatable bonds is 5. The third-order valence-electron chi connectivity index (χ3n) is 4.04. The van der Waals surface area contributed by atoms with Crippen molar-refractivity contribution < 1.29 is 14.8 Å². The molecule has 1 heterocycles. The molecule has 134 valence electrons. The van der Waals surface area contributed by atoms with Gasteiger partial charge in [-0.25, -0.2) is 16.3 Å². The third-order valence-corrected chi connectivity index (χ3v) is 4.04. The average Bonchev–Trinajstić information content (AvgIpc) is 3.14. The first kappa shape index (κ1) is 17.5. The van der Waals surface area contributed by atoms with Crippen LogP contribution >= 0.6 is 0 Å². The van der Waals surface area contributed by atoms with E-state index in [1.165, 1.54) is 18.2 Å². The smallest absolute Gasteiger partial charge is 0.311 e. The zero-order valence-corrected chi connectivity index (χ0v) is 13.6. The zero-order chi connectivity index (χ0) is 18.5. The van der Waals surface area contributed by atoms with E-state index in [9.17, 15) is 20.0 Å². The molecule has 0 aromatic heterocycles. The van der Waals surface area contributed by atoms with E-state index < -0.39 is 22.4 Å². The number of hydrogen-bond acceptors (Lipinski definition) is 7. The van der Waals surface area contributed by atoms with Gasteiger partial charge >= 0.3 is 5.69 Å². The van der Waals surface area contributed by atoms with Crippen LogP contribution in [-0.4, -0.2) is 28.2 Å². The molecule has 1 fully saturated rings. The number of nitrogens with zero attached hydrogens (tertiary/aromatic N) is 2. The fourth-order valence-corrected chi connectivity index (χ4v) is 2.68. The summed E-state index contributed by atoms with van der Waals surface area (Å²) in [5, 5.41) is 24.4. The summed E-state index contributed by atoms with van der Waals surface area (Å²) in [6.07, 6.45) is 1.71. The molecule has 1 aliphatic rings. The van der Waals surface area contributed by atoms with Crippen LogP contribution < -0.4 is 16.3 Å². The Morgan fingerprint density at radius 1 is 1.23 bits per heavy atom. The highest BCUT2D eigenvalue weighted by atomic mass is 16.6. The lowest BCUT2D eigenvalue weighted by Gasteiger charge is -2.08. The number of hydrogen-bond donors (Lipinski definition) is 4. The Bertz CT molecular complexity index is 840. The molecule has 2 atom stereocenters. The number of hydrazone groups is 1. The maximum atomic E-state index is 12.2. The SMILES string of the molecule is O=C(N/N=C/c1cccc([N+](=O)[O-])c1O)C1CC(c2ccccc2)NN1. The molecule has 0 spiro atoms. The van der Waals surface area contributed by atoms with Gasteiger partial charge in [0.1, 0.15) is 6.04 Å². The van der Waals surface area contributed by atoms with Crippen molar-refractivity contribution in [1.29, 1.82) is 0 Å². The molecule has 1 amide bonds. The van der Waals surface area contributed by atoms with Gasteiger partial charge in [-0.2, -0.15) is 5.10 Å². The summed E-state index contributed by atoms with van der Waals surface area (Å²) in [5.74, 6) is -0.850.